The molecule has 0 spiro atoms. The lowest BCUT2D eigenvalue weighted by atomic mass is 10.3. The zero-order valence-corrected chi connectivity index (χ0v) is 13.2. The SMILES string of the molecule is CCCCOc1nc(CCC)nc(NC(C)C)c1[N+](=O)[O-]. The second-order valence-electron chi connectivity index (χ2n) is 5.15. The van der Waals surface area contributed by atoms with Gasteiger partial charge in [-0.3, -0.25) is 10.1 Å². The smallest absolute Gasteiger partial charge is 0.372 e. The standard InChI is InChI=1S/C14H24N4O3/c1-5-7-9-21-14-12(18(19)20)13(15-10(3)4)16-11(17-14)8-6-2/h10H,5-9H2,1-4H3,(H,15,16,17). The number of aryl methyl sites for hydroxylation is 1. The van der Waals surface area contributed by atoms with Crippen molar-refractivity contribution in [3.05, 3.63) is 15.9 Å². The predicted molar refractivity (Wildman–Crippen MR) is 81.8 cm³/mol. The van der Waals surface area contributed by atoms with Gasteiger partial charge in [-0.1, -0.05) is 20.3 Å². The van der Waals surface area contributed by atoms with Gasteiger partial charge in [-0.2, -0.15) is 4.98 Å². The fourth-order valence-corrected chi connectivity index (χ4v) is 1.77. The molecule has 1 aromatic rings. The number of anilines is 1. The van der Waals surface area contributed by atoms with Gasteiger partial charge in [-0.15, -0.1) is 0 Å². The minimum absolute atomic E-state index is 0.0385. The number of ether oxygens (including phenoxy) is 1. The van der Waals surface area contributed by atoms with Crippen molar-refractivity contribution < 1.29 is 9.66 Å². The van der Waals surface area contributed by atoms with Crippen LogP contribution in [0.5, 0.6) is 5.88 Å². The van der Waals surface area contributed by atoms with E-state index >= 15 is 0 Å². The summed E-state index contributed by atoms with van der Waals surface area (Å²) in [5.74, 6) is 0.868. The summed E-state index contributed by atoms with van der Waals surface area (Å²) in [5.41, 5.74) is -0.181. The minimum Gasteiger partial charge on any atom is -0.473 e. The fourth-order valence-electron chi connectivity index (χ4n) is 1.77. The average Bonchev–Trinajstić information content (AvgIpc) is 2.38. The number of nitrogens with zero attached hydrogens (tertiary/aromatic N) is 3. The summed E-state index contributed by atoms with van der Waals surface area (Å²) in [6.45, 7) is 8.27. The van der Waals surface area contributed by atoms with Gasteiger partial charge in [-0.25, -0.2) is 4.98 Å². The summed E-state index contributed by atoms with van der Waals surface area (Å²) in [4.78, 5) is 19.3. The molecule has 0 saturated carbocycles. The van der Waals surface area contributed by atoms with E-state index in [0.29, 0.717) is 18.9 Å². The number of rotatable bonds is 9. The summed E-state index contributed by atoms with van der Waals surface area (Å²) in [7, 11) is 0. The largest absolute Gasteiger partial charge is 0.473 e. The second-order valence-corrected chi connectivity index (χ2v) is 5.15. The van der Waals surface area contributed by atoms with Crippen molar-refractivity contribution in [3.8, 4) is 5.88 Å². The Labute approximate surface area is 125 Å². The normalized spacial score (nSPS) is 10.7. The van der Waals surface area contributed by atoms with Gasteiger partial charge >= 0.3 is 5.69 Å². The average molecular weight is 296 g/mol. The Balaban J connectivity index is 3.20. The van der Waals surface area contributed by atoms with Crippen molar-refractivity contribution in [2.24, 2.45) is 0 Å². The van der Waals surface area contributed by atoms with Crippen LogP contribution in [0.1, 0.15) is 52.8 Å². The highest BCUT2D eigenvalue weighted by Gasteiger charge is 2.26. The number of hydrogen-bond acceptors (Lipinski definition) is 6. The first-order valence-electron chi connectivity index (χ1n) is 7.44. The first kappa shape index (κ1) is 17.1. The molecule has 1 heterocycles. The number of nitro groups is 1. The van der Waals surface area contributed by atoms with Gasteiger partial charge in [0.15, 0.2) is 0 Å². The Morgan fingerprint density at radius 3 is 2.52 bits per heavy atom. The van der Waals surface area contributed by atoms with Crippen LogP contribution in [0.25, 0.3) is 0 Å². The minimum atomic E-state index is -0.484. The van der Waals surface area contributed by atoms with Crippen molar-refractivity contribution in [1.82, 2.24) is 9.97 Å². The molecule has 118 valence electrons. The molecule has 7 nitrogen and oxygen atoms in total. The molecule has 0 aliphatic carbocycles. The van der Waals surface area contributed by atoms with Crippen molar-refractivity contribution in [3.63, 3.8) is 0 Å². The van der Waals surface area contributed by atoms with Crippen LogP contribution < -0.4 is 10.1 Å². The molecule has 0 aliphatic heterocycles. The highest BCUT2D eigenvalue weighted by Crippen LogP contribution is 2.32. The topological polar surface area (TPSA) is 90.2 Å². The van der Waals surface area contributed by atoms with E-state index in [-0.39, 0.29) is 23.4 Å². The van der Waals surface area contributed by atoms with E-state index < -0.39 is 4.92 Å². The zero-order chi connectivity index (χ0) is 15.8. The Morgan fingerprint density at radius 1 is 1.29 bits per heavy atom. The lowest BCUT2D eigenvalue weighted by Crippen LogP contribution is -2.16. The van der Waals surface area contributed by atoms with Gasteiger partial charge in [0.2, 0.25) is 5.82 Å². The molecule has 1 N–H and O–H groups in total. The molecule has 0 unspecified atom stereocenters. The zero-order valence-electron chi connectivity index (χ0n) is 13.2. The Hall–Kier alpha value is -1.92. The monoisotopic (exact) mass is 296 g/mol. The molecule has 0 atom stereocenters. The quantitative estimate of drug-likeness (QED) is 0.427. The van der Waals surface area contributed by atoms with Crippen LogP contribution in [0.15, 0.2) is 0 Å². The summed E-state index contributed by atoms with van der Waals surface area (Å²) in [6, 6.07) is 0.0385. The van der Waals surface area contributed by atoms with Crippen molar-refractivity contribution >= 4 is 11.5 Å². The van der Waals surface area contributed by atoms with E-state index in [0.717, 1.165) is 19.3 Å². The molecule has 0 aromatic carbocycles. The number of unbranched alkanes of at least 4 members (excludes halogenated alkanes) is 1. The first-order chi connectivity index (χ1) is 9.99. The first-order valence-corrected chi connectivity index (χ1v) is 7.44. The van der Waals surface area contributed by atoms with E-state index in [1.807, 2.05) is 27.7 Å². The number of aromatic nitrogens is 2. The third kappa shape index (κ3) is 5.17. The molecule has 7 heteroatoms. The molecule has 0 aliphatic rings. The maximum atomic E-state index is 11.3. The molecule has 1 rings (SSSR count). The molecule has 1 aromatic heterocycles. The van der Waals surface area contributed by atoms with Crippen molar-refractivity contribution in [2.45, 2.75) is 59.4 Å². The highest BCUT2D eigenvalue weighted by atomic mass is 16.6. The number of hydrogen-bond donors (Lipinski definition) is 1. The summed E-state index contributed by atoms with van der Waals surface area (Å²) < 4.78 is 5.52. The van der Waals surface area contributed by atoms with Crippen LogP contribution in [-0.4, -0.2) is 27.5 Å². The van der Waals surface area contributed by atoms with Gasteiger partial charge in [0, 0.05) is 12.5 Å². The van der Waals surface area contributed by atoms with E-state index in [1.54, 1.807) is 0 Å². The number of nitrogens with one attached hydrogen (secondary N) is 1. The molecule has 0 bridgehead atoms. The van der Waals surface area contributed by atoms with E-state index in [1.165, 1.54) is 0 Å². The Morgan fingerprint density at radius 2 is 2.00 bits per heavy atom. The van der Waals surface area contributed by atoms with Gasteiger partial charge in [0.05, 0.1) is 11.5 Å². The summed E-state index contributed by atoms with van der Waals surface area (Å²) in [5, 5.41) is 14.3. The summed E-state index contributed by atoms with van der Waals surface area (Å²) in [6.07, 6.45) is 3.32. The Kier molecular flexibility index (Phi) is 6.84. The van der Waals surface area contributed by atoms with E-state index in [4.69, 9.17) is 4.74 Å². The molecular formula is C14H24N4O3. The second kappa shape index (κ2) is 8.39. The van der Waals surface area contributed by atoms with Gasteiger partial charge < -0.3 is 10.1 Å². The van der Waals surface area contributed by atoms with Crippen LogP contribution in [0.2, 0.25) is 0 Å². The lowest BCUT2D eigenvalue weighted by Gasteiger charge is -2.13. The highest BCUT2D eigenvalue weighted by molar-refractivity contribution is 5.62. The van der Waals surface area contributed by atoms with Gasteiger partial charge in [-0.05, 0) is 26.7 Å². The van der Waals surface area contributed by atoms with Crippen molar-refractivity contribution in [2.75, 3.05) is 11.9 Å². The maximum absolute atomic E-state index is 11.3. The molecule has 0 fully saturated rings. The molecule has 0 saturated heterocycles. The summed E-state index contributed by atoms with van der Waals surface area (Å²) >= 11 is 0. The Bertz CT molecular complexity index is 478. The predicted octanol–water partition coefficient (Wildman–Crippen LogP) is 3.34. The van der Waals surface area contributed by atoms with E-state index in [2.05, 4.69) is 15.3 Å². The van der Waals surface area contributed by atoms with E-state index in [9.17, 15) is 10.1 Å². The molecule has 0 amide bonds. The lowest BCUT2D eigenvalue weighted by molar-refractivity contribution is -0.385. The van der Waals surface area contributed by atoms with Crippen LogP contribution in [0.3, 0.4) is 0 Å². The molecule has 0 radical (unpaired) electrons. The van der Waals surface area contributed by atoms with Crippen molar-refractivity contribution in [1.29, 1.82) is 0 Å². The van der Waals surface area contributed by atoms with Gasteiger partial charge in [0.1, 0.15) is 5.82 Å². The molecular weight excluding hydrogens is 272 g/mol. The fraction of sp³-hybridized carbons (Fsp3) is 0.714. The molecule has 21 heavy (non-hydrogen) atoms. The van der Waals surface area contributed by atoms with Crippen LogP contribution in [-0.2, 0) is 6.42 Å². The third-order valence-electron chi connectivity index (χ3n) is 2.72. The van der Waals surface area contributed by atoms with Gasteiger partial charge in [0.25, 0.3) is 5.88 Å². The van der Waals surface area contributed by atoms with Crippen LogP contribution in [0.4, 0.5) is 11.5 Å². The third-order valence-corrected chi connectivity index (χ3v) is 2.72. The van der Waals surface area contributed by atoms with Crippen LogP contribution in [0, 0.1) is 10.1 Å². The maximum Gasteiger partial charge on any atom is 0.372 e. The van der Waals surface area contributed by atoms with Crippen LogP contribution >= 0.6 is 0 Å².